The van der Waals surface area contributed by atoms with E-state index in [1.54, 1.807) is 0 Å². The lowest BCUT2D eigenvalue weighted by atomic mass is 10.0. The first kappa shape index (κ1) is 14.6. The molecule has 2 N–H and O–H groups in total. The second kappa shape index (κ2) is 6.10. The van der Waals surface area contributed by atoms with Crippen molar-refractivity contribution in [3.63, 3.8) is 0 Å². The fourth-order valence-electron chi connectivity index (χ4n) is 2.31. The summed E-state index contributed by atoms with van der Waals surface area (Å²) in [5.41, 5.74) is 12.3. The molecule has 0 aliphatic heterocycles. The summed E-state index contributed by atoms with van der Waals surface area (Å²) in [5.74, 6) is 0.882. The molecule has 0 aliphatic rings. The maximum atomic E-state index is 6.22. The number of nitrogens with two attached hydrogens (primary N) is 1. The molecule has 20 heavy (non-hydrogen) atoms. The predicted octanol–water partition coefficient (Wildman–Crippen LogP) is 4.00. The Morgan fingerprint density at radius 1 is 0.900 bits per heavy atom. The van der Waals surface area contributed by atoms with Gasteiger partial charge >= 0.3 is 0 Å². The van der Waals surface area contributed by atoms with Crippen LogP contribution in [-0.2, 0) is 0 Å². The van der Waals surface area contributed by atoms with Crippen molar-refractivity contribution in [1.29, 1.82) is 0 Å². The van der Waals surface area contributed by atoms with Crippen LogP contribution in [0, 0.1) is 27.7 Å². The van der Waals surface area contributed by atoms with Crippen LogP contribution in [-0.4, -0.2) is 6.61 Å². The molecule has 2 aromatic carbocycles. The van der Waals surface area contributed by atoms with Gasteiger partial charge in [-0.2, -0.15) is 0 Å². The largest absolute Gasteiger partial charge is 0.492 e. The minimum atomic E-state index is -0.102. The summed E-state index contributed by atoms with van der Waals surface area (Å²) >= 11 is 0. The molecule has 0 fully saturated rings. The van der Waals surface area contributed by atoms with E-state index >= 15 is 0 Å². The minimum absolute atomic E-state index is 0.102. The molecule has 1 unspecified atom stereocenters. The van der Waals surface area contributed by atoms with Gasteiger partial charge in [-0.15, -0.1) is 0 Å². The molecule has 0 radical (unpaired) electrons. The van der Waals surface area contributed by atoms with Gasteiger partial charge in [-0.1, -0.05) is 35.4 Å². The van der Waals surface area contributed by atoms with Crippen LogP contribution < -0.4 is 10.5 Å². The molecule has 2 nitrogen and oxygen atoms in total. The molecule has 2 heteroatoms. The van der Waals surface area contributed by atoms with Crippen molar-refractivity contribution in [3.8, 4) is 5.75 Å². The first-order valence-corrected chi connectivity index (χ1v) is 6.99. The SMILES string of the molecule is Cc1cc(C)cc(C(N)COc2ccc(C)c(C)c2)c1. The molecule has 0 aliphatic carbocycles. The van der Waals surface area contributed by atoms with Crippen LogP contribution in [0.5, 0.6) is 5.75 Å². The molecule has 0 amide bonds. The molecule has 106 valence electrons. The second-order valence-corrected chi connectivity index (χ2v) is 5.58. The van der Waals surface area contributed by atoms with E-state index in [1.807, 2.05) is 6.07 Å². The molecule has 0 bridgehead atoms. The topological polar surface area (TPSA) is 35.2 Å². The molecule has 0 heterocycles. The molecular formula is C18H23NO. The zero-order valence-electron chi connectivity index (χ0n) is 12.7. The smallest absolute Gasteiger partial charge is 0.119 e. The summed E-state index contributed by atoms with van der Waals surface area (Å²) in [7, 11) is 0. The molecule has 0 saturated heterocycles. The highest BCUT2D eigenvalue weighted by atomic mass is 16.5. The van der Waals surface area contributed by atoms with Gasteiger partial charge in [-0.3, -0.25) is 0 Å². The van der Waals surface area contributed by atoms with E-state index in [4.69, 9.17) is 10.5 Å². The molecular weight excluding hydrogens is 246 g/mol. The van der Waals surface area contributed by atoms with Crippen molar-refractivity contribution in [2.45, 2.75) is 33.7 Å². The van der Waals surface area contributed by atoms with Gasteiger partial charge in [0.2, 0.25) is 0 Å². The van der Waals surface area contributed by atoms with Crippen molar-refractivity contribution in [2.75, 3.05) is 6.61 Å². The quantitative estimate of drug-likeness (QED) is 0.910. The highest BCUT2D eigenvalue weighted by Crippen LogP contribution is 2.19. The molecule has 1 atom stereocenters. The number of rotatable bonds is 4. The Morgan fingerprint density at radius 3 is 2.15 bits per heavy atom. The average Bonchev–Trinajstić information content (AvgIpc) is 2.38. The van der Waals surface area contributed by atoms with Crippen LogP contribution in [0.25, 0.3) is 0 Å². The molecule has 2 aromatic rings. The third kappa shape index (κ3) is 3.61. The van der Waals surface area contributed by atoms with Crippen molar-refractivity contribution < 1.29 is 4.74 Å². The average molecular weight is 269 g/mol. The normalized spacial score (nSPS) is 12.2. The molecule has 2 rings (SSSR count). The standard InChI is InChI=1S/C18H23NO/c1-12-7-13(2)9-16(8-12)18(19)11-20-17-6-5-14(3)15(4)10-17/h5-10,18H,11,19H2,1-4H3. The number of benzene rings is 2. The molecule has 0 spiro atoms. The Kier molecular flexibility index (Phi) is 4.46. The summed E-state index contributed by atoms with van der Waals surface area (Å²) in [6.45, 7) is 8.86. The van der Waals surface area contributed by atoms with E-state index in [0.29, 0.717) is 6.61 Å². The maximum Gasteiger partial charge on any atom is 0.119 e. The van der Waals surface area contributed by atoms with Gasteiger partial charge in [0.15, 0.2) is 0 Å². The summed E-state index contributed by atoms with van der Waals surface area (Å²) in [4.78, 5) is 0. The van der Waals surface area contributed by atoms with E-state index in [9.17, 15) is 0 Å². The number of aryl methyl sites for hydroxylation is 4. The first-order valence-electron chi connectivity index (χ1n) is 6.99. The van der Waals surface area contributed by atoms with Crippen LogP contribution in [0.15, 0.2) is 36.4 Å². The molecule has 0 aromatic heterocycles. The summed E-state index contributed by atoms with van der Waals surface area (Å²) < 4.78 is 5.81. The lowest BCUT2D eigenvalue weighted by Crippen LogP contribution is -2.19. The summed E-state index contributed by atoms with van der Waals surface area (Å²) in [6.07, 6.45) is 0. The van der Waals surface area contributed by atoms with Crippen LogP contribution in [0.4, 0.5) is 0 Å². The summed E-state index contributed by atoms with van der Waals surface area (Å²) in [6, 6.07) is 12.4. The Hall–Kier alpha value is -1.80. The Labute approximate surface area is 121 Å². The lowest BCUT2D eigenvalue weighted by molar-refractivity contribution is 0.290. The van der Waals surface area contributed by atoms with Crippen molar-refractivity contribution in [1.82, 2.24) is 0 Å². The number of ether oxygens (including phenoxy) is 1. The third-order valence-electron chi connectivity index (χ3n) is 3.58. The van der Waals surface area contributed by atoms with Gasteiger partial charge in [0.05, 0.1) is 6.04 Å². The van der Waals surface area contributed by atoms with Gasteiger partial charge in [0.1, 0.15) is 12.4 Å². The zero-order chi connectivity index (χ0) is 14.7. The number of hydrogen-bond donors (Lipinski definition) is 1. The second-order valence-electron chi connectivity index (χ2n) is 5.58. The predicted molar refractivity (Wildman–Crippen MR) is 84.3 cm³/mol. The first-order chi connectivity index (χ1) is 9.45. The van der Waals surface area contributed by atoms with Gasteiger partial charge < -0.3 is 10.5 Å². The summed E-state index contributed by atoms with van der Waals surface area (Å²) in [5, 5.41) is 0. The van der Waals surface area contributed by atoms with Gasteiger partial charge in [-0.05, 0) is 56.5 Å². The monoisotopic (exact) mass is 269 g/mol. The lowest BCUT2D eigenvalue weighted by Gasteiger charge is -2.15. The van der Waals surface area contributed by atoms with E-state index in [-0.39, 0.29) is 6.04 Å². The Morgan fingerprint density at radius 2 is 1.55 bits per heavy atom. The van der Waals surface area contributed by atoms with Crippen LogP contribution in [0.3, 0.4) is 0 Å². The highest BCUT2D eigenvalue weighted by molar-refractivity contribution is 5.34. The van der Waals surface area contributed by atoms with Gasteiger partial charge in [0, 0.05) is 0 Å². The van der Waals surface area contributed by atoms with E-state index in [1.165, 1.54) is 22.3 Å². The van der Waals surface area contributed by atoms with Crippen molar-refractivity contribution >= 4 is 0 Å². The maximum absolute atomic E-state index is 6.22. The van der Waals surface area contributed by atoms with E-state index < -0.39 is 0 Å². The minimum Gasteiger partial charge on any atom is -0.492 e. The highest BCUT2D eigenvalue weighted by Gasteiger charge is 2.08. The van der Waals surface area contributed by atoms with Crippen molar-refractivity contribution in [3.05, 3.63) is 64.2 Å². The number of hydrogen-bond acceptors (Lipinski definition) is 2. The fourth-order valence-corrected chi connectivity index (χ4v) is 2.31. The Bertz CT molecular complexity index is 584. The van der Waals surface area contributed by atoms with Crippen LogP contribution in [0.2, 0.25) is 0 Å². The van der Waals surface area contributed by atoms with Crippen LogP contribution >= 0.6 is 0 Å². The van der Waals surface area contributed by atoms with Crippen LogP contribution in [0.1, 0.15) is 33.9 Å². The van der Waals surface area contributed by atoms with E-state index in [2.05, 4.69) is 58.0 Å². The third-order valence-corrected chi connectivity index (χ3v) is 3.58. The van der Waals surface area contributed by atoms with E-state index in [0.717, 1.165) is 11.3 Å². The fraction of sp³-hybridized carbons (Fsp3) is 0.333. The van der Waals surface area contributed by atoms with Crippen molar-refractivity contribution in [2.24, 2.45) is 5.73 Å². The Balaban J connectivity index is 2.04. The van der Waals surface area contributed by atoms with Gasteiger partial charge in [-0.25, -0.2) is 0 Å². The van der Waals surface area contributed by atoms with Gasteiger partial charge in [0.25, 0.3) is 0 Å². The zero-order valence-corrected chi connectivity index (χ0v) is 12.7. The molecule has 0 saturated carbocycles.